The molecule has 0 saturated heterocycles. The molecule has 0 unspecified atom stereocenters. The second kappa shape index (κ2) is 4.70. The van der Waals surface area contributed by atoms with Crippen LogP contribution >= 0.6 is 0 Å². The number of ketones is 1. The topological polar surface area (TPSA) is 44.8 Å². The molecule has 3 rings (SSSR count). The molecule has 0 spiro atoms. The van der Waals surface area contributed by atoms with E-state index in [4.69, 9.17) is 14.2 Å². The Hall–Kier alpha value is -1.81. The van der Waals surface area contributed by atoms with Gasteiger partial charge in [-0.15, -0.1) is 0 Å². The largest absolute Gasteiger partial charge is 0.484 e. The number of ether oxygens (including phenoxy) is 3. The minimum atomic E-state index is -0.335. The molecule has 4 heteroatoms. The molecule has 0 radical (unpaired) electrons. The third kappa shape index (κ3) is 2.12. The van der Waals surface area contributed by atoms with Gasteiger partial charge in [-0.3, -0.25) is 4.79 Å². The minimum absolute atomic E-state index is 0.00935. The SMILES string of the molecule is CCO[C@@H]1C[C@@H]2Oc3ccc(C)cc3C(=O)C2=CO1. The zero-order valence-electron chi connectivity index (χ0n) is 11.0. The van der Waals surface area contributed by atoms with E-state index in [1.54, 1.807) is 0 Å². The van der Waals surface area contributed by atoms with Gasteiger partial charge < -0.3 is 14.2 Å². The van der Waals surface area contributed by atoms with Crippen LogP contribution in [0.5, 0.6) is 5.75 Å². The highest BCUT2D eigenvalue weighted by molar-refractivity contribution is 6.12. The standard InChI is InChI=1S/C15H16O4/c1-3-17-14-7-13-11(8-18-14)15(16)10-6-9(2)4-5-12(10)19-13/h4-6,8,13-14H,3,7H2,1-2H3/t13-,14-/m0/s1. The maximum absolute atomic E-state index is 12.4. The van der Waals surface area contributed by atoms with E-state index in [2.05, 4.69) is 0 Å². The molecule has 0 aromatic heterocycles. The summed E-state index contributed by atoms with van der Waals surface area (Å²) < 4.78 is 16.7. The van der Waals surface area contributed by atoms with Crippen molar-refractivity contribution >= 4 is 5.78 Å². The number of hydrogen-bond donors (Lipinski definition) is 0. The molecule has 2 heterocycles. The maximum Gasteiger partial charge on any atom is 0.202 e. The first-order chi connectivity index (χ1) is 9.19. The summed E-state index contributed by atoms with van der Waals surface area (Å²) in [5, 5.41) is 0. The Morgan fingerprint density at radius 1 is 1.42 bits per heavy atom. The van der Waals surface area contributed by atoms with Gasteiger partial charge in [-0.25, -0.2) is 0 Å². The van der Waals surface area contributed by atoms with Gasteiger partial charge in [0.15, 0.2) is 5.78 Å². The Bertz CT molecular complexity index is 547. The molecule has 2 atom stereocenters. The van der Waals surface area contributed by atoms with Gasteiger partial charge in [0, 0.05) is 6.61 Å². The molecule has 2 aliphatic heterocycles. The summed E-state index contributed by atoms with van der Waals surface area (Å²) >= 11 is 0. The van der Waals surface area contributed by atoms with Crippen LogP contribution in [0.4, 0.5) is 0 Å². The lowest BCUT2D eigenvalue weighted by Crippen LogP contribution is -2.38. The Balaban J connectivity index is 1.93. The molecule has 1 aromatic rings. The molecule has 100 valence electrons. The molecule has 0 saturated carbocycles. The number of hydrogen-bond acceptors (Lipinski definition) is 4. The van der Waals surface area contributed by atoms with E-state index >= 15 is 0 Å². The van der Waals surface area contributed by atoms with Crippen molar-refractivity contribution in [1.82, 2.24) is 0 Å². The van der Waals surface area contributed by atoms with Crippen LogP contribution in [0, 0.1) is 6.92 Å². The van der Waals surface area contributed by atoms with Crippen LogP contribution in [0.2, 0.25) is 0 Å². The smallest absolute Gasteiger partial charge is 0.202 e. The Labute approximate surface area is 112 Å². The molecule has 0 fully saturated rings. The van der Waals surface area contributed by atoms with E-state index in [9.17, 15) is 4.79 Å². The van der Waals surface area contributed by atoms with E-state index in [0.29, 0.717) is 29.9 Å². The average Bonchev–Trinajstić information content (AvgIpc) is 2.40. The lowest BCUT2D eigenvalue weighted by molar-refractivity contribution is -0.127. The summed E-state index contributed by atoms with van der Waals surface area (Å²) in [4.78, 5) is 12.4. The van der Waals surface area contributed by atoms with E-state index in [1.807, 2.05) is 32.0 Å². The monoisotopic (exact) mass is 260 g/mol. The highest BCUT2D eigenvalue weighted by atomic mass is 16.7. The van der Waals surface area contributed by atoms with Crippen molar-refractivity contribution in [3.8, 4) is 5.75 Å². The normalized spacial score (nSPS) is 24.7. The summed E-state index contributed by atoms with van der Waals surface area (Å²) in [7, 11) is 0. The van der Waals surface area contributed by atoms with E-state index in [0.717, 1.165) is 5.56 Å². The van der Waals surface area contributed by atoms with Crippen LogP contribution in [0.25, 0.3) is 0 Å². The van der Waals surface area contributed by atoms with Crippen molar-refractivity contribution in [2.45, 2.75) is 32.7 Å². The number of carbonyl (C=O) groups is 1. The molecule has 1 aromatic carbocycles. The molecular weight excluding hydrogens is 244 g/mol. The molecule has 0 aliphatic carbocycles. The Morgan fingerprint density at radius 3 is 3.05 bits per heavy atom. The van der Waals surface area contributed by atoms with Crippen molar-refractivity contribution in [1.29, 1.82) is 0 Å². The fourth-order valence-electron chi connectivity index (χ4n) is 2.42. The van der Waals surface area contributed by atoms with Crippen LogP contribution in [0.1, 0.15) is 29.3 Å². The lowest BCUT2D eigenvalue weighted by atomic mass is 9.92. The summed E-state index contributed by atoms with van der Waals surface area (Å²) in [6, 6.07) is 5.65. The number of rotatable bonds is 2. The predicted octanol–water partition coefficient (Wildman–Crippen LogP) is 2.61. The molecule has 19 heavy (non-hydrogen) atoms. The number of carbonyl (C=O) groups excluding carboxylic acids is 1. The van der Waals surface area contributed by atoms with Gasteiger partial charge in [0.05, 0.1) is 23.8 Å². The maximum atomic E-state index is 12.4. The number of aryl methyl sites for hydroxylation is 1. The second-order valence-electron chi connectivity index (χ2n) is 4.77. The first kappa shape index (κ1) is 12.2. The number of fused-ring (bicyclic) bond motifs is 2. The van der Waals surface area contributed by atoms with Gasteiger partial charge >= 0.3 is 0 Å². The summed E-state index contributed by atoms with van der Waals surface area (Å²) in [6.07, 6.45) is 1.42. The third-order valence-corrected chi connectivity index (χ3v) is 3.36. The van der Waals surface area contributed by atoms with Crippen molar-refractivity contribution in [3.05, 3.63) is 41.2 Å². The van der Waals surface area contributed by atoms with Gasteiger partial charge in [-0.05, 0) is 26.0 Å². The predicted molar refractivity (Wildman–Crippen MR) is 69.1 cm³/mol. The van der Waals surface area contributed by atoms with Crippen molar-refractivity contribution in [2.75, 3.05) is 6.61 Å². The number of Topliss-reactive ketones (excluding diaryl/α,β-unsaturated/α-hetero) is 1. The molecule has 0 N–H and O–H groups in total. The summed E-state index contributed by atoms with van der Waals surface area (Å²) in [5.41, 5.74) is 2.23. The highest BCUT2D eigenvalue weighted by Gasteiger charge is 2.37. The van der Waals surface area contributed by atoms with Gasteiger partial charge in [-0.1, -0.05) is 11.6 Å². The van der Waals surface area contributed by atoms with Gasteiger partial charge in [0.25, 0.3) is 0 Å². The third-order valence-electron chi connectivity index (χ3n) is 3.36. The molecule has 0 amide bonds. The Morgan fingerprint density at radius 2 is 2.26 bits per heavy atom. The average molecular weight is 260 g/mol. The molecular formula is C15H16O4. The lowest BCUT2D eigenvalue weighted by Gasteiger charge is -2.33. The van der Waals surface area contributed by atoms with Crippen molar-refractivity contribution < 1.29 is 19.0 Å². The fraction of sp³-hybridized carbons (Fsp3) is 0.400. The van der Waals surface area contributed by atoms with Gasteiger partial charge in [0.2, 0.25) is 6.29 Å². The molecule has 4 nitrogen and oxygen atoms in total. The van der Waals surface area contributed by atoms with E-state index in [-0.39, 0.29) is 18.2 Å². The van der Waals surface area contributed by atoms with Crippen LogP contribution in [0.15, 0.2) is 30.0 Å². The van der Waals surface area contributed by atoms with Crippen molar-refractivity contribution in [3.63, 3.8) is 0 Å². The second-order valence-corrected chi connectivity index (χ2v) is 4.77. The van der Waals surface area contributed by atoms with Crippen LogP contribution in [0.3, 0.4) is 0 Å². The van der Waals surface area contributed by atoms with E-state index < -0.39 is 0 Å². The first-order valence-corrected chi connectivity index (χ1v) is 6.48. The summed E-state index contributed by atoms with van der Waals surface area (Å²) in [5.74, 6) is 0.639. The zero-order chi connectivity index (χ0) is 13.4. The summed E-state index contributed by atoms with van der Waals surface area (Å²) in [6.45, 7) is 4.44. The first-order valence-electron chi connectivity index (χ1n) is 6.48. The molecule has 2 aliphatic rings. The van der Waals surface area contributed by atoms with E-state index in [1.165, 1.54) is 6.26 Å². The fourth-order valence-corrected chi connectivity index (χ4v) is 2.42. The van der Waals surface area contributed by atoms with Gasteiger partial charge in [-0.2, -0.15) is 0 Å². The van der Waals surface area contributed by atoms with Crippen LogP contribution < -0.4 is 4.74 Å². The van der Waals surface area contributed by atoms with Crippen LogP contribution in [-0.4, -0.2) is 24.8 Å². The highest BCUT2D eigenvalue weighted by Crippen LogP contribution is 2.35. The minimum Gasteiger partial charge on any atom is -0.484 e. The Kier molecular flexibility index (Phi) is 3.03. The van der Waals surface area contributed by atoms with Crippen LogP contribution in [-0.2, 0) is 9.47 Å². The zero-order valence-corrected chi connectivity index (χ0v) is 11.0. The molecule has 0 bridgehead atoms. The quantitative estimate of drug-likeness (QED) is 0.820. The van der Waals surface area contributed by atoms with Gasteiger partial charge in [0.1, 0.15) is 11.9 Å². The number of benzene rings is 1. The van der Waals surface area contributed by atoms with Crippen molar-refractivity contribution in [2.24, 2.45) is 0 Å².